The highest BCUT2D eigenvalue weighted by atomic mass is 16.2. The molecule has 2 amide bonds. The lowest BCUT2D eigenvalue weighted by Gasteiger charge is -2.15. The van der Waals surface area contributed by atoms with Gasteiger partial charge < -0.3 is 11.1 Å². The topological polar surface area (TPSA) is 96.0 Å². The number of carbonyl (C=O) groups is 2. The monoisotopic (exact) mass is 259 g/mol. The molecule has 0 aliphatic heterocycles. The largest absolute Gasteiger partial charge is 0.368 e. The number of hydrogen-bond acceptors (Lipinski definition) is 3. The molecule has 0 saturated carbocycles. The Morgan fingerprint density at radius 3 is 2.53 bits per heavy atom. The van der Waals surface area contributed by atoms with Crippen molar-refractivity contribution in [1.29, 1.82) is 5.26 Å². The van der Waals surface area contributed by atoms with Crippen LogP contribution in [0, 0.1) is 11.3 Å². The maximum Gasteiger partial charge on any atom is 0.251 e. The number of nitrogens with zero attached hydrogens (tertiary/aromatic N) is 1. The third-order valence-corrected chi connectivity index (χ3v) is 2.72. The van der Waals surface area contributed by atoms with Gasteiger partial charge >= 0.3 is 0 Å². The highest BCUT2D eigenvalue weighted by Crippen LogP contribution is 2.05. The molecule has 3 N–H and O–H groups in total. The molecule has 0 aliphatic rings. The molecule has 0 radical (unpaired) electrons. The van der Waals surface area contributed by atoms with Crippen LogP contribution in [0.2, 0.25) is 0 Å². The SMILES string of the molecule is N#CCCCC[C@@H](NC(=O)c1ccccc1)C(N)=O. The molecule has 1 aromatic carbocycles. The number of unbranched alkanes of at least 4 members (excludes halogenated alkanes) is 2. The van der Waals surface area contributed by atoms with Gasteiger partial charge in [0.05, 0.1) is 6.07 Å². The number of primary amides is 1. The van der Waals surface area contributed by atoms with Gasteiger partial charge in [-0.1, -0.05) is 18.2 Å². The number of amides is 2. The summed E-state index contributed by atoms with van der Waals surface area (Å²) in [7, 11) is 0. The van der Waals surface area contributed by atoms with E-state index in [0.29, 0.717) is 31.2 Å². The molecular formula is C14H17N3O2. The highest BCUT2D eigenvalue weighted by molar-refractivity contribution is 5.97. The summed E-state index contributed by atoms with van der Waals surface area (Å²) >= 11 is 0. The van der Waals surface area contributed by atoms with Crippen molar-refractivity contribution in [1.82, 2.24) is 5.32 Å². The molecule has 0 heterocycles. The lowest BCUT2D eigenvalue weighted by atomic mass is 10.1. The van der Waals surface area contributed by atoms with Crippen molar-refractivity contribution in [3.63, 3.8) is 0 Å². The Balaban J connectivity index is 2.52. The van der Waals surface area contributed by atoms with Crippen LogP contribution in [-0.4, -0.2) is 17.9 Å². The van der Waals surface area contributed by atoms with E-state index in [9.17, 15) is 9.59 Å². The molecular weight excluding hydrogens is 242 g/mol. The average Bonchev–Trinajstić information content (AvgIpc) is 2.42. The Labute approximate surface area is 112 Å². The number of carbonyl (C=O) groups excluding carboxylic acids is 2. The van der Waals surface area contributed by atoms with E-state index in [1.54, 1.807) is 24.3 Å². The lowest BCUT2D eigenvalue weighted by molar-refractivity contribution is -0.120. The van der Waals surface area contributed by atoms with Crippen molar-refractivity contribution < 1.29 is 9.59 Å². The lowest BCUT2D eigenvalue weighted by Crippen LogP contribution is -2.44. The number of hydrogen-bond donors (Lipinski definition) is 2. The first-order valence-corrected chi connectivity index (χ1v) is 6.17. The summed E-state index contributed by atoms with van der Waals surface area (Å²) in [4.78, 5) is 23.1. The minimum absolute atomic E-state index is 0.315. The van der Waals surface area contributed by atoms with Gasteiger partial charge in [-0.05, 0) is 31.4 Å². The van der Waals surface area contributed by atoms with Crippen LogP contribution >= 0.6 is 0 Å². The maximum atomic E-state index is 11.9. The van der Waals surface area contributed by atoms with Crippen LogP contribution in [0.5, 0.6) is 0 Å². The molecule has 0 unspecified atom stereocenters. The Kier molecular flexibility index (Phi) is 6.10. The zero-order valence-corrected chi connectivity index (χ0v) is 10.6. The molecule has 1 rings (SSSR count). The van der Waals surface area contributed by atoms with E-state index >= 15 is 0 Å². The molecule has 19 heavy (non-hydrogen) atoms. The molecule has 5 nitrogen and oxygen atoms in total. The first-order valence-electron chi connectivity index (χ1n) is 6.17. The van der Waals surface area contributed by atoms with Gasteiger partial charge in [0.15, 0.2) is 0 Å². The molecule has 100 valence electrons. The summed E-state index contributed by atoms with van der Waals surface area (Å²) in [5.41, 5.74) is 5.75. The first-order chi connectivity index (χ1) is 9.15. The van der Waals surface area contributed by atoms with Crippen LogP contribution in [0.3, 0.4) is 0 Å². The first kappa shape index (κ1) is 14.7. The van der Waals surface area contributed by atoms with E-state index in [1.807, 2.05) is 12.1 Å². The van der Waals surface area contributed by atoms with E-state index in [2.05, 4.69) is 5.32 Å². The highest BCUT2D eigenvalue weighted by Gasteiger charge is 2.18. The average molecular weight is 259 g/mol. The van der Waals surface area contributed by atoms with Crippen molar-refractivity contribution in [3.05, 3.63) is 35.9 Å². The summed E-state index contributed by atoms with van der Waals surface area (Å²) in [6.07, 6.45) is 2.27. The van der Waals surface area contributed by atoms with E-state index in [0.717, 1.165) is 0 Å². The fourth-order valence-electron chi connectivity index (χ4n) is 1.67. The van der Waals surface area contributed by atoms with Gasteiger partial charge in [0.1, 0.15) is 6.04 Å². The van der Waals surface area contributed by atoms with Gasteiger partial charge in [-0.25, -0.2) is 0 Å². The Morgan fingerprint density at radius 2 is 1.95 bits per heavy atom. The molecule has 0 aliphatic carbocycles. The van der Waals surface area contributed by atoms with Gasteiger partial charge in [0, 0.05) is 12.0 Å². The number of nitrogens with one attached hydrogen (secondary N) is 1. The van der Waals surface area contributed by atoms with Crippen molar-refractivity contribution in [3.8, 4) is 6.07 Å². The van der Waals surface area contributed by atoms with Crippen molar-refractivity contribution in [2.24, 2.45) is 5.73 Å². The number of benzene rings is 1. The predicted octanol–water partition coefficient (Wildman–Crippen LogP) is 1.35. The van der Waals surface area contributed by atoms with Crippen LogP contribution in [0.25, 0.3) is 0 Å². The fourth-order valence-corrected chi connectivity index (χ4v) is 1.67. The summed E-state index contributed by atoms with van der Waals surface area (Å²) in [6, 6.07) is 10.00. The number of nitrogens with two attached hydrogens (primary N) is 1. The van der Waals surface area contributed by atoms with Gasteiger partial charge in [-0.15, -0.1) is 0 Å². The quantitative estimate of drug-likeness (QED) is 0.723. The van der Waals surface area contributed by atoms with Crippen LogP contribution in [0.15, 0.2) is 30.3 Å². The van der Waals surface area contributed by atoms with Gasteiger partial charge in [-0.2, -0.15) is 5.26 Å². The van der Waals surface area contributed by atoms with Crippen LogP contribution < -0.4 is 11.1 Å². The molecule has 0 spiro atoms. The second kappa shape index (κ2) is 7.88. The Morgan fingerprint density at radius 1 is 1.26 bits per heavy atom. The number of nitriles is 1. The third kappa shape index (κ3) is 5.21. The van der Waals surface area contributed by atoms with Crippen molar-refractivity contribution in [2.45, 2.75) is 31.7 Å². The van der Waals surface area contributed by atoms with Gasteiger partial charge in [-0.3, -0.25) is 9.59 Å². The van der Waals surface area contributed by atoms with Crippen LogP contribution in [0.4, 0.5) is 0 Å². The van der Waals surface area contributed by atoms with Crippen LogP contribution in [-0.2, 0) is 4.79 Å². The maximum absolute atomic E-state index is 11.9. The molecule has 5 heteroatoms. The van der Waals surface area contributed by atoms with Gasteiger partial charge in [0.25, 0.3) is 5.91 Å². The molecule has 1 atom stereocenters. The zero-order valence-electron chi connectivity index (χ0n) is 10.6. The predicted molar refractivity (Wildman–Crippen MR) is 71.0 cm³/mol. The van der Waals surface area contributed by atoms with Crippen molar-refractivity contribution in [2.75, 3.05) is 0 Å². The second-order valence-corrected chi connectivity index (χ2v) is 4.20. The van der Waals surface area contributed by atoms with E-state index in [1.165, 1.54) is 0 Å². The molecule has 0 saturated heterocycles. The third-order valence-electron chi connectivity index (χ3n) is 2.72. The van der Waals surface area contributed by atoms with Gasteiger partial charge in [0.2, 0.25) is 5.91 Å². The fraction of sp³-hybridized carbons (Fsp3) is 0.357. The van der Waals surface area contributed by atoms with E-state index in [4.69, 9.17) is 11.0 Å². The van der Waals surface area contributed by atoms with E-state index in [-0.39, 0.29) is 5.91 Å². The van der Waals surface area contributed by atoms with Crippen molar-refractivity contribution >= 4 is 11.8 Å². The van der Waals surface area contributed by atoms with E-state index < -0.39 is 11.9 Å². The van der Waals surface area contributed by atoms with Crippen LogP contribution in [0.1, 0.15) is 36.0 Å². The summed E-state index contributed by atoms with van der Waals surface area (Å²) in [6.45, 7) is 0. The smallest absolute Gasteiger partial charge is 0.251 e. The second-order valence-electron chi connectivity index (χ2n) is 4.20. The zero-order chi connectivity index (χ0) is 14.1. The summed E-state index contributed by atoms with van der Waals surface area (Å²) in [5.74, 6) is -0.870. The molecule has 0 fully saturated rings. The normalized spacial score (nSPS) is 11.3. The minimum atomic E-state index is -0.689. The molecule has 0 aromatic heterocycles. The minimum Gasteiger partial charge on any atom is -0.368 e. The summed E-state index contributed by atoms with van der Waals surface area (Å²) < 4.78 is 0. The summed E-state index contributed by atoms with van der Waals surface area (Å²) in [5, 5.41) is 11.0. The molecule has 0 bridgehead atoms. The Bertz CT molecular complexity index is 465. The number of rotatable bonds is 7. The molecule has 1 aromatic rings. The standard InChI is InChI=1S/C14H17N3O2/c15-10-6-2-5-9-12(13(16)18)17-14(19)11-7-3-1-4-8-11/h1,3-4,7-8,12H,2,5-6,9H2,(H2,16,18)(H,17,19)/t12-/m1/s1. The Hall–Kier alpha value is -2.35.